The van der Waals surface area contributed by atoms with E-state index in [-0.39, 0.29) is 11.1 Å². The van der Waals surface area contributed by atoms with Crippen molar-refractivity contribution in [2.75, 3.05) is 0 Å². The first-order valence-corrected chi connectivity index (χ1v) is 21.9. The van der Waals surface area contributed by atoms with Crippen LogP contribution < -0.4 is 0 Å². The quantitative estimate of drug-likeness (QED) is 0.122. The van der Waals surface area contributed by atoms with E-state index in [1.807, 2.05) is 97.1 Å². The van der Waals surface area contributed by atoms with Crippen molar-refractivity contribution in [1.29, 1.82) is 0 Å². The monoisotopic (exact) mass is 882 g/mol. The topological polar surface area (TPSA) is 61.4 Å². The van der Waals surface area contributed by atoms with Gasteiger partial charge in [-0.3, -0.25) is 0 Å². The summed E-state index contributed by atoms with van der Waals surface area (Å²) in [6, 6.07) is 36.3. The summed E-state index contributed by atoms with van der Waals surface area (Å²) in [5.74, 6) is -16.0. The Bertz CT molecular complexity index is 3120. The lowest BCUT2D eigenvalue weighted by Crippen LogP contribution is -2.48. The third kappa shape index (κ3) is 5.19. The van der Waals surface area contributed by atoms with Gasteiger partial charge in [0.05, 0.1) is 35.0 Å². The summed E-state index contributed by atoms with van der Waals surface area (Å²) in [6.07, 6.45) is 6.02. The van der Waals surface area contributed by atoms with Gasteiger partial charge in [0.25, 0.3) is 0 Å². The van der Waals surface area contributed by atoms with Gasteiger partial charge in [0.15, 0.2) is 0 Å². The Labute approximate surface area is 364 Å². The van der Waals surface area contributed by atoms with Crippen molar-refractivity contribution in [3.63, 3.8) is 0 Å². The Hall–Kier alpha value is -6.12. The van der Waals surface area contributed by atoms with Crippen LogP contribution in [0.5, 0.6) is 0 Å². The zero-order valence-corrected chi connectivity index (χ0v) is 35.0. The summed E-state index contributed by atoms with van der Waals surface area (Å²) in [5, 5.41) is 26.0. The number of fused-ring (bicyclic) bond motifs is 8. The van der Waals surface area contributed by atoms with Crippen molar-refractivity contribution in [3.05, 3.63) is 179 Å². The Morgan fingerprint density at radius 3 is 1.17 bits per heavy atom. The molecule has 14 heteroatoms. The van der Waals surface area contributed by atoms with Gasteiger partial charge < -0.3 is 0 Å². The van der Waals surface area contributed by atoms with Gasteiger partial charge in [-0.15, -0.1) is 33.7 Å². The molecule has 312 valence electrons. The molecule has 2 aliphatic carbocycles. The molecule has 63 heavy (non-hydrogen) atoms. The summed E-state index contributed by atoms with van der Waals surface area (Å²) < 4.78 is 96.3. The second-order valence-electron chi connectivity index (χ2n) is 16.8. The van der Waals surface area contributed by atoms with Crippen LogP contribution in [0.2, 0.25) is 0 Å². The smallest absolute Gasteiger partial charge is 0.247 e. The number of alkyl halides is 6. The van der Waals surface area contributed by atoms with E-state index in [0.29, 0.717) is 34.3 Å². The van der Waals surface area contributed by atoms with Crippen LogP contribution in [0.3, 0.4) is 0 Å². The van der Waals surface area contributed by atoms with Crippen LogP contribution >= 0.6 is 23.5 Å². The number of hydrogen-bond acceptors (Lipinski definition) is 6. The Balaban J connectivity index is 0.934. The summed E-state index contributed by atoms with van der Waals surface area (Å²) >= 11 is 2.28. The molecule has 6 nitrogen and oxygen atoms in total. The van der Waals surface area contributed by atoms with Crippen LogP contribution in [0.1, 0.15) is 36.4 Å². The Morgan fingerprint density at radius 2 is 0.825 bits per heavy atom. The zero-order valence-electron chi connectivity index (χ0n) is 33.4. The fourth-order valence-electron chi connectivity index (χ4n) is 10.0. The lowest BCUT2D eigenvalue weighted by Gasteiger charge is -2.47. The van der Waals surface area contributed by atoms with Crippen LogP contribution in [0.4, 0.5) is 26.3 Å². The van der Waals surface area contributed by atoms with Gasteiger partial charge in [0.2, 0.25) is 0 Å². The van der Waals surface area contributed by atoms with E-state index in [1.165, 1.54) is 12.2 Å². The molecular formula is C49H32F6N6S2. The van der Waals surface area contributed by atoms with E-state index in [2.05, 4.69) is 32.8 Å². The summed E-state index contributed by atoms with van der Waals surface area (Å²) in [5.41, 5.74) is -0.628. The van der Waals surface area contributed by atoms with Gasteiger partial charge >= 0.3 is 17.8 Å². The minimum absolute atomic E-state index is 0.283. The molecule has 4 aliphatic rings. The molecule has 0 saturated heterocycles. The van der Waals surface area contributed by atoms with Crippen LogP contribution in [0.25, 0.3) is 52.9 Å². The maximum absolute atomic E-state index is 16.2. The highest BCUT2D eigenvalue weighted by Crippen LogP contribution is 2.75. The Morgan fingerprint density at radius 1 is 0.492 bits per heavy atom. The van der Waals surface area contributed by atoms with Gasteiger partial charge in [-0.2, -0.15) is 26.3 Å². The van der Waals surface area contributed by atoms with E-state index >= 15 is 26.3 Å². The van der Waals surface area contributed by atoms with Gasteiger partial charge in [-0.1, -0.05) is 107 Å². The molecule has 12 rings (SSSR count). The molecular weight excluding hydrogens is 851 g/mol. The number of allylic oxidation sites excluding steroid dienone is 4. The molecule has 0 N–H and O–H groups in total. The standard InChI is InChI=1S/C49H32F6N6S2/c1-45-37(21-41(62-45)39-25-60(58-56-39)23-35-31-15-7-3-11-27(31)19-28-12-4-8-16-32(28)35)43-44(48(52,53)49(54,55)47(43,50)51)38-22-42(63-46(38,45)2)40-26-61(59-57-40)24-36-33-17-9-5-13-29(33)20-30-14-6-10-18-34(30)36/h3-22,25-26H,23-24H2,1-2H3/t45-,46-/m1/s1. The van der Waals surface area contributed by atoms with Crippen LogP contribution in [0, 0.1) is 0 Å². The van der Waals surface area contributed by atoms with Gasteiger partial charge in [-0.25, -0.2) is 9.36 Å². The molecule has 0 spiro atoms. The lowest BCUT2D eigenvalue weighted by molar-refractivity contribution is -0.258. The second-order valence-corrected chi connectivity index (χ2v) is 19.7. The third-order valence-corrected chi connectivity index (χ3v) is 16.6. The average Bonchev–Trinajstić information content (AvgIpc) is 4.10. The number of aromatic nitrogens is 6. The van der Waals surface area contributed by atoms with Crippen LogP contribution in [0.15, 0.2) is 156 Å². The molecule has 0 radical (unpaired) electrons. The third-order valence-electron chi connectivity index (χ3n) is 13.3. The maximum atomic E-state index is 16.2. The van der Waals surface area contributed by atoms with Crippen molar-refractivity contribution in [2.24, 2.45) is 0 Å². The second kappa shape index (κ2) is 13.0. The first-order valence-electron chi connectivity index (χ1n) is 20.2. The lowest BCUT2D eigenvalue weighted by atomic mass is 9.71. The van der Waals surface area contributed by atoms with E-state index in [4.69, 9.17) is 0 Å². The fourth-order valence-corrected chi connectivity index (χ4v) is 13.1. The highest BCUT2D eigenvalue weighted by Gasteiger charge is 2.84. The SMILES string of the molecule is C[C@@]12SC(c3cn(Cc4c5ccccc5cc5ccccc45)nn3)=CC1=C1C(=C3C=C(c4cn(Cc5c6ccccc6cc6ccccc56)nn4)S[C@]32C)C(F)(F)C(F)(F)C1(F)F. The highest BCUT2D eigenvalue weighted by molar-refractivity contribution is 8.14. The maximum Gasteiger partial charge on any atom is 0.380 e. The van der Waals surface area contributed by atoms with Crippen LogP contribution in [-0.4, -0.2) is 57.2 Å². The number of hydrogen-bond donors (Lipinski definition) is 0. The minimum Gasteiger partial charge on any atom is -0.247 e. The molecule has 0 bridgehead atoms. The summed E-state index contributed by atoms with van der Waals surface area (Å²) in [6.45, 7) is 3.96. The Kier molecular flexibility index (Phi) is 7.94. The molecule has 0 amide bonds. The fraction of sp³-hybridized carbons (Fsp3) is 0.184. The van der Waals surface area contributed by atoms with Crippen molar-refractivity contribution < 1.29 is 26.3 Å². The van der Waals surface area contributed by atoms with Crippen molar-refractivity contribution in [2.45, 2.75) is 54.2 Å². The van der Waals surface area contributed by atoms with E-state index in [0.717, 1.165) is 77.7 Å². The molecule has 8 aromatic rings. The highest BCUT2D eigenvalue weighted by atomic mass is 32.2. The number of halogens is 6. The van der Waals surface area contributed by atoms with E-state index in [1.54, 1.807) is 35.6 Å². The van der Waals surface area contributed by atoms with Gasteiger partial charge in [0, 0.05) is 21.0 Å². The molecule has 2 aliphatic heterocycles. The van der Waals surface area contributed by atoms with Crippen molar-refractivity contribution in [1.82, 2.24) is 30.0 Å². The predicted molar refractivity (Wildman–Crippen MR) is 238 cm³/mol. The molecule has 1 saturated carbocycles. The number of nitrogens with zero attached hydrogens (tertiary/aromatic N) is 6. The molecule has 2 aromatic heterocycles. The number of rotatable bonds is 6. The summed E-state index contributed by atoms with van der Waals surface area (Å²) in [4.78, 5) is 0.708. The number of thioether (sulfide) groups is 2. The largest absolute Gasteiger partial charge is 0.380 e. The molecule has 2 atom stereocenters. The van der Waals surface area contributed by atoms with E-state index < -0.39 is 38.4 Å². The summed E-state index contributed by atoms with van der Waals surface area (Å²) in [7, 11) is 0. The molecule has 0 unspecified atom stereocenters. The number of benzene rings is 6. The van der Waals surface area contributed by atoms with Crippen molar-refractivity contribution >= 4 is 76.4 Å². The first-order chi connectivity index (χ1) is 30.2. The molecule has 1 fully saturated rings. The molecule has 4 heterocycles. The normalized spacial score (nSPS) is 23.2. The average molecular weight is 883 g/mol. The first kappa shape index (κ1) is 38.5. The van der Waals surface area contributed by atoms with Gasteiger partial charge in [0.1, 0.15) is 11.4 Å². The van der Waals surface area contributed by atoms with Crippen molar-refractivity contribution in [3.8, 4) is 0 Å². The van der Waals surface area contributed by atoms with Crippen LogP contribution in [-0.2, 0) is 13.1 Å². The van der Waals surface area contributed by atoms with E-state index in [9.17, 15) is 0 Å². The zero-order chi connectivity index (χ0) is 43.3. The minimum atomic E-state index is -5.69. The van der Waals surface area contributed by atoms with Gasteiger partial charge in [-0.05, 0) is 103 Å². The predicted octanol–water partition coefficient (Wildman–Crippen LogP) is 12.5. The molecule has 6 aromatic carbocycles.